The van der Waals surface area contributed by atoms with E-state index in [-0.39, 0.29) is 5.91 Å². The molecule has 0 bridgehead atoms. The number of likely N-dealkylation sites (N-methyl/N-ethyl adjacent to an activating group) is 1. The summed E-state index contributed by atoms with van der Waals surface area (Å²) in [5.41, 5.74) is 0.646. The molecule has 1 saturated heterocycles. The fraction of sp³-hybridized carbons (Fsp3) is 0.562. The highest BCUT2D eigenvalue weighted by Gasteiger charge is 2.22. The van der Waals surface area contributed by atoms with Gasteiger partial charge in [-0.3, -0.25) is 4.79 Å². The molecule has 1 fully saturated rings. The van der Waals surface area contributed by atoms with E-state index < -0.39 is 0 Å². The van der Waals surface area contributed by atoms with E-state index >= 15 is 0 Å². The van der Waals surface area contributed by atoms with Gasteiger partial charge in [0.15, 0.2) is 0 Å². The topological polar surface area (TPSA) is 41.6 Å². The van der Waals surface area contributed by atoms with Gasteiger partial charge in [-0.25, -0.2) is 0 Å². The summed E-state index contributed by atoms with van der Waals surface area (Å²) < 4.78 is 5.29. The number of benzene rings is 1. The normalized spacial score (nSPS) is 18.6. The molecule has 0 spiro atoms. The number of nitrogens with zero attached hydrogens (tertiary/aromatic N) is 1. The Morgan fingerprint density at radius 3 is 2.85 bits per heavy atom. The lowest BCUT2D eigenvalue weighted by Gasteiger charge is -2.30. The Balaban J connectivity index is 2.07. The summed E-state index contributed by atoms with van der Waals surface area (Å²) in [4.78, 5) is 14.6. The van der Waals surface area contributed by atoms with E-state index in [2.05, 4.69) is 5.32 Å². The first-order valence-corrected chi connectivity index (χ1v) is 7.42. The van der Waals surface area contributed by atoms with Gasteiger partial charge in [-0.2, -0.15) is 0 Å². The van der Waals surface area contributed by atoms with Crippen molar-refractivity contribution in [2.75, 3.05) is 26.7 Å². The van der Waals surface area contributed by atoms with E-state index in [9.17, 15) is 4.79 Å². The van der Waals surface area contributed by atoms with Crippen LogP contribution in [0.25, 0.3) is 0 Å². The summed E-state index contributed by atoms with van der Waals surface area (Å²) in [5, 5.41) is 3.49. The summed E-state index contributed by atoms with van der Waals surface area (Å²) in [6.45, 7) is 4.57. The second-order valence-corrected chi connectivity index (χ2v) is 5.19. The number of carbonyl (C=O) groups is 1. The molecule has 1 aliphatic heterocycles. The molecule has 0 aliphatic carbocycles. The highest BCUT2D eigenvalue weighted by molar-refractivity contribution is 5.96. The molecular weight excluding hydrogens is 252 g/mol. The van der Waals surface area contributed by atoms with Crippen LogP contribution in [0.5, 0.6) is 5.75 Å². The van der Waals surface area contributed by atoms with Crippen LogP contribution >= 0.6 is 0 Å². The molecule has 1 N–H and O–H groups in total. The molecule has 4 heteroatoms. The maximum Gasteiger partial charge on any atom is 0.257 e. The number of nitrogens with one attached hydrogen (secondary N) is 1. The SMILES string of the molecule is CCN(CC1CCCCN1)C(=O)c1ccccc1OC. The van der Waals surface area contributed by atoms with Crippen molar-refractivity contribution >= 4 is 5.91 Å². The van der Waals surface area contributed by atoms with E-state index in [4.69, 9.17) is 4.74 Å². The number of amides is 1. The Morgan fingerprint density at radius 1 is 1.40 bits per heavy atom. The lowest BCUT2D eigenvalue weighted by Crippen LogP contribution is -2.45. The number of rotatable bonds is 5. The van der Waals surface area contributed by atoms with Crippen LogP contribution in [0.2, 0.25) is 0 Å². The van der Waals surface area contributed by atoms with E-state index in [0.29, 0.717) is 17.4 Å². The quantitative estimate of drug-likeness (QED) is 0.897. The average Bonchev–Trinajstić information content (AvgIpc) is 2.53. The number of carbonyl (C=O) groups excluding carboxylic acids is 1. The summed E-state index contributed by atoms with van der Waals surface area (Å²) in [6.07, 6.45) is 3.64. The number of hydrogen-bond donors (Lipinski definition) is 1. The second kappa shape index (κ2) is 7.29. The van der Waals surface area contributed by atoms with E-state index in [1.165, 1.54) is 12.8 Å². The van der Waals surface area contributed by atoms with Crippen LogP contribution in [-0.4, -0.2) is 43.6 Å². The van der Waals surface area contributed by atoms with Gasteiger partial charge in [0.05, 0.1) is 12.7 Å². The number of methoxy groups -OCH3 is 1. The van der Waals surface area contributed by atoms with Crippen molar-refractivity contribution in [2.24, 2.45) is 0 Å². The number of ether oxygens (including phenoxy) is 1. The van der Waals surface area contributed by atoms with Crippen LogP contribution in [0.3, 0.4) is 0 Å². The monoisotopic (exact) mass is 276 g/mol. The number of piperidine rings is 1. The van der Waals surface area contributed by atoms with E-state index in [1.807, 2.05) is 36.1 Å². The molecule has 1 aliphatic rings. The van der Waals surface area contributed by atoms with Crippen molar-refractivity contribution in [3.8, 4) is 5.75 Å². The van der Waals surface area contributed by atoms with Gasteiger partial charge in [0.25, 0.3) is 5.91 Å². The van der Waals surface area contributed by atoms with Crippen molar-refractivity contribution in [1.29, 1.82) is 0 Å². The largest absolute Gasteiger partial charge is 0.496 e. The highest BCUT2D eigenvalue weighted by atomic mass is 16.5. The Bertz CT molecular complexity index is 442. The molecule has 20 heavy (non-hydrogen) atoms. The lowest BCUT2D eigenvalue weighted by molar-refractivity contribution is 0.0738. The number of hydrogen-bond acceptors (Lipinski definition) is 3. The van der Waals surface area contributed by atoms with Crippen LogP contribution in [0, 0.1) is 0 Å². The van der Waals surface area contributed by atoms with Gasteiger partial charge in [-0.15, -0.1) is 0 Å². The maximum atomic E-state index is 12.6. The van der Waals surface area contributed by atoms with Gasteiger partial charge >= 0.3 is 0 Å². The van der Waals surface area contributed by atoms with Gasteiger partial charge in [0.2, 0.25) is 0 Å². The zero-order chi connectivity index (χ0) is 14.4. The first kappa shape index (κ1) is 14.9. The molecule has 2 rings (SSSR count). The minimum Gasteiger partial charge on any atom is -0.496 e. The summed E-state index contributed by atoms with van der Waals surface area (Å²) in [7, 11) is 1.60. The molecule has 110 valence electrons. The number of para-hydroxylation sites is 1. The lowest BCUT2D eigenvalue weighted by atomic mass is 10.0. The Labute approximate surface area is 121 Å². The van der Waals surface area contributed by atoms with Gasteiger partial charge in [-0.05, 0) is 38.4 Å². The van der Waals surface area contributed by atoms with E-state index in [0.717, 1.165) is 26.1 Å². The highest BCUT2D eigenvalue weighted by Crippen LogP contribution is 2.20. The van der Waals surface area contributed by atoms with Crippen LogP contribution < -0.4 is 10.1 Å². The molecule has 0 radical (unpaired) electrons. The molecule has 1 amide bonds. The maximum absolute atomic E-state index is 12.6. The minimum absolute atomic E-state index is 0.0531. The third-order valence-electron chi connectivity index (χ3n) is 3.86. The molecule has 0 saturated carbocycles. The third-order valence-corrected chi connectivity index (χ3v) is 3.86. The Kier molecular flexibility index (Phi) is 5.41. The summed E-state index contributed by atoms with van der Waals surface area (Å²) >= 11 is 0. The molecule has 1 aromatic rings. The predicted octanol–water partition coefficient (Wildman–Crippen LogP) is 2.30. The van der Waals surface area contributed by atoms with Crippen LogP contribution in [0.4, 0.5) is 0 Å². The minimum atomic E-state index is 0.0531. The van der Waals surface area contributed by atoms with Gasteiger partial charge < -0.3 is 15.0 Å². The van der Waals surface area contributed by atoms with Crippen molar-refractivity contribution in [2.45, 2.75) is 32.2 Å². The Morgan fingerprint density at radius 2 is 2.20 bits per heavy atom. The van der Waals surface area contributed by atoms with E-state index in [1.54, 1.807) is 7.11 Å². The molecule has 1 atom stereocenters. The smallest absolute Gasteiger partial charge is 0.257 e. The molecule has 1 aromatic carbocycles. The van der Waals surface area contributed by atoms with Gasteiger partial charge in [0, 0.05) is 19.1 Å². The van der Waals surface area contributed by atoms with Crippen LogP contribution in [-0.2, 0) is 0 Å². The van der Waals surface area contributed by atoms with Crippen molar-refractivity contribution < 1.29 is 9.53 Å². The average molecular weight is 276 g/mol. The van der Waals surface area contributed by atoms with Crippen LogP contribution in [0.1, 0.15) is 36.5 Å². The summed E-state index contributed by atoms with van der Waals surface area (Å²) in [5.74, 6) is 0.699. The molecular formula is C16H24N2O2. The van der Waals surface area contributed by atoms with Crippen molar-refractivity contribution in [3.63, 3.8) is 0 Å². The molecule has 1 heterocycles. The zero-order valence-corrected chi connectivity index (χ0v) is 12.4. The second-order valence-electron chi connectivity index (χ2n) is 5.19. The standard InChI is InChI=1S/C16H24N2O2/c1-3-18(12-13-8-6-7-11-17-13)16(19)14-9-4-5-10-15(14)20-2/h4-5,9-10,13,17H,3,6-8,11-12H2,1-2H3. The molecule has 0 aromatic heterocycles. The summed E-state index contributed by atoms with van der Waals surface area (Å²) in [6, 6.07) is 7.84. The fourth-order valence-electron chi connectivity index (χ4n) is 2.69. The van der Waals surface area contributed by atoms with Crippen molar-refractivity contribution in [1.82, 2.24) is 10.2 Å². The fourth-order valence-corrected chi connectivity index (χ4v) is 2.69. The molecule has 4 nitrogen and oxygen atoms in total. The van der Waals surface area contributed by atoms with Crippen molar-refractivity contribution in [3.05, 3.63) is 29.8 Å². The first-order chi connectivity index (χ1) is 9.76. The zero-order valence-electron chi connectivity index (χ0n) is 12.4. The van der Waals surface area contributed by atoms with Gasteiger partial charge in [0.1, 0.15) is 5.75 Å². The Hall–Kier alpha value is -1.55. The van der Waals surface area contributed by atoms with Gasteiger partial charge in [-0.1, -0.05) is 18.6 Å². The van der Waals surface area contributed by atoms with Crippen LogP contribution in [0.15, 0.2) is 24.3 Å². The predicted molar refractivity (Wildman–Crippen MR) is 80.2 cm³/mol. The first-order valence-electron chi connectivity index (χ1n) is 7.42. The molecule has 1 unspecified atom stereocenters. The third kappa shape index (κ3) is 3.51.